The van der Waals surface area contributed by atoms with Gasteiger partial charge < -0.3 is 10.1 Å². The van der Waals surface area contributed by atoms with Gasteiger partial charge in [-0.25, -0.2) is 9.36 Å². The third-order valence-electron chi connectivity index (χ3n) is 5.44. The fraction of sp³-hybridized carbons (Fsp3) is 0.192. The van der Waals surface area contributed by atoms with Crippen LogP contribution in [0.2, 0.25) is 0 Å². The van der Waals surface area contributed by atoms with Crippen molar-refractivity contribution in [2.45, 2.75) is 26.4 Å². The van der Waals surface area contributed by atoms with Gasteiger partial charge in [0.2, 0.25) is 5.91 Å². The van der Waals surface area contributed by atoms with E-state index in [0.717, 1.165) is 10.1 Å². The average molecular weight is 444 g/mol. The standard InChI is InChI=1S/C26H25N3O4/c1-3-33-21-15-13-20(14-16-21)29-25(31)22-11-7-8-12-23(22)28(26(29)32)17-24(30)27-18(2)19-9-5-4-6-10-19/h4-16,18H,3,17H2,1-2H3,(H,27,30)/t18-/m0/s1. The molecule has 0 aliphatic heterocycles. The molecule has 1 amide bonds. The van der Waals surface area contributed by atoms with E-state index in [1.54, 1.807) is 48.5 Å². The predicted molar refractivity (Wildman–Crippen MR) is 128 cm³/mol. The Kier molecular flexibility index (Phi) is 6.40. The van der Waals surface area contributed by atoms with Gasteiger partial charge in [0, 0.05) is 0 Å². The molecule has 0 fully saturated rings. The number of amides is 1. The molecule has 1 atom stereocenters. The first kappa shape index (κ1) is 22.1. The van der Waals surface area contributed by atoms with E-state index in [9.17, 15) is 14.4 Å². The normalized spacial score (nSPS) is 11.8. The van der Waals surface area contributed by atoms with Crippen molar-refractivity contribution in [3.05, 3.63) is 105 Å². The number of carbonyl (C=O) groups excluding carboxylic acids is 1. The van der Waals surface area contributed by atoms with Gasteiger partial charge in [0.1, 0.15) is 12.3 Å². The summed E-state index contributed by atoms with van der Waals surface area (Å²) in [5, 5.41) is 3.29. The number of carbonyl (C=O) groups is 1. The van der Waals surface area contributed by atoms with Crippen LogP contribution in [0.25, 0.3) is 16.6 Å². The van der Waals surface area contributed by atoms with Crippen molar-refractivity contribution in [3.63, 3.8) is 0 Å². The van der Waals surface area contributed by atoms with E-state index in [4.69, 9.17) is 4.74 Å². The number of para-hydroxylation sites is 1. The monoisotopic (exact) mass is 443 g/mol. The van der Waals surface area contributed by atoms with Crippen LogP contribution in [-0.2, 0) is 11.3 Å². The topological polar surface area (TPSA) is 82.3 Å². The molecule has 0 aliphatic rings. The molecule has 0 spiro atoms. The first-order valence-corrected chi connectivity index (χ1v) is 10.8. The van der Waals surface area contributed by atoms with Crippen molar-refractivity contribution in [3.8, 4) is 11.4 Å². The van der Waals surface area contributed by atoms with E-state index in [1.165, 1.54) is 4.57 Å². The lowest BCUT2D eigenvalue weighted by Crippen LogP contribution is -2.42. The zero-order valence-electron chi connectivity index (χ0n) is 18.5. The second-order valence-corrected chi connectivity index (χ2v) is 7.65. The Bertz CT molecular complexity index is 1390. The van der Waals surface area contributed by atoms with Crippen LogP contribution in [0.1, 0.15) is 25.5 Å². The van der Waals surface area contributed by atoms with Crippen molar-refractivity contribution in [2.75, 3.05) is 6.61 Å². The number of nitrogens with zero attached hydrogens (tertiary/aromatic N) is 2. The summed E-state index contributed by atoms with van der Waals surface area (Å²) in [6.45, 7) is 4.06. The SMILES string of the molecule is CCOc1ccc(-n2c(=O)c3ccccc3n(CC(=O)N[C@@H](C)c3ccccc3)c2=O)cc1. The minimum absolute atomic E-state index is 0.214. The van der Waals surface area contributed by atoms with E-state index in [1.807, 2.05) is 44.2 Å². The van der Waals surface area contributed by atoms with E-state index in [2.05, 4.69) is 5.32 Å². The number of aromatic nitrogens is 2. The van der Waals surface area contributed by atoms with E-state index < -0.39 is 11.2 Å². The largest absolute Gasteiger partial charge is 0.494 e. The highest BCUT2D eigenvalue weighted by atomic mass is 16.5. The van der Waals surface area contributed by atoms with Gasteiger partial charge in [0.05, 0.1) is 29.2 Å². The predicted octanol–water partition coefficient (Wildman–Crippen LogP) is 3.43. The van der Waals surface area contributed by atoms with Crippen LogP contribution in [0, 0.1) is 0 Å². The maximum atomic E-state index is 13.4. The highest BCUT2D eigenvalue weighted by molar-refractivity contribution is 5.82. The number of benzene rings is 3. The van der Waals surface area contributed by atoms with E-state index >= 15 is 0 Å². The highest BCUT2D eigenvalue weighted by Gasteiger charge is 2.17. The summed E-state index contributed by atoms with van der Waals surface area (Å²) in [6, 6.07) is 22.9. The van der Waals surface area contributed by atoms with Crippen LogP contribution in [0.5, 0.6) is 5.75 Å². The summed E-state index contributed by atoms with van der Waals surface area (Å²) in [5.41, 5.74) is 0.769. The van der Waals surface area contributed by atoms with Gasteiger partial charge in [0.25, 0.3) is 5.56 Å². The molecule has 0 unspecified atom stereocenters. The lowest BCUT2D eigenvalue weighted by Gasteiger charge is -2.17. The zero-order chi connectivity index (χ0) is 23.4. The number of nitrogens with one attached hydrogen (secondary N) is 1. The molecule has 33 heavy (non-hydrogen) atoms. The Morgan fingerprint density at radius 2 is 1.61 bits per heavy atom. The van der Waals surface area contributed by atoms with Crippen LogP contribution >= 0.6 is 0 Å². The number of rotatable bonds is 7. The van der Waals surface area contributed by atoms with Crippen molar-refractivity contribution in [1.29, 1.82) is 0 Å². The number of hydrogen-bond acceptors (Lipinski definition) is 4. The molecule has 1 N–H and O–H groups in total. The molecular weight excluding hydrogens is 418 g/mol. The number of ether oxygens (including phenoxy) is 1. The first-order valence-electron chi connectivity index (χ1n) is 10.8. The maximum Gasteiger partial charge on any atom is 0.336 e. The highest BCUT2D eigenvalue weighted by Crippen LogP contribution is 2.15. The Labute approximate surface area is 190 Å². The summed E-state index contributed by atoms with van der Waals surface area (Å²) in [7, 11) is 0. The summed E-state index contributed by atoms with van der Waals surface area (Å²) < 4.78 is 7.88. The molecule has 0 radical (unpaired) electrons. The van der Waals surface area contributed by atoms with Gasteiger partial charge in [0.15, 0.2) is 0 Å². The minimum Gasteiger partial charge on any atom is -0.494 e. The van der Waals surface area contributed by atoms with Crippen molar-refractivity contribution in [2.24, 2.45) is 0 Å². The summed E-state index contributed by atoms with van der Waals surface area (Å²) in [6.07, 6.45) is 0. The fourth-order valence-corrected chi connectivity index (χ4v) is 3.82. The third-order valence-corrected chi connectivity index (χ3v) is 5.44. The lowest BCUT2D eigenvalue weighted by atomic mass is 10.1. The number of fused-ring (bicyclic) bond motifs is 1. The molecule has 4 rings (SSSR count). The van der Waals surface area contributed by atoms with Crippen LogP contribution < -0.4 is 21.3 Å². The van der Waals surface area contributed by atoms with Crippen molar-refractivity contribution < 1.29 is 9.53 Å². The Balaban J connectivity index is 1.74. The summed E-state index contributed by atoms with van der Waals surface area (Å²) in [4.78, 5) is 39.5. The second kappa shape index (κ2) is 9.56. The molecule has 4 aromatic rings. The summed E-state index contributed by atoms with van der Waals surface area (Å²) >= 11 is 0. The Hall–Kier alpha value is -4.13. The second-order valence-electron chi connectivity index (χ2n) is 7.65. The van der Waals surface area contributed by atoms with Gasteiger partial charge >= 0.3 is 5.69 Å². The molecule has 0 bridgehead atoms. The minimum atomic E-state index is -0.578. The molecule has 7 nitrogen and oxygen atoms in total. The molecule has 3 aromatic carbocycles. The van der Waals surface area contributed by atoms with Crippen LogP contribution in [0.4, 0.5) is 0 Å². The Morgan fingerprint density at radius 1 is 0.939 bits per heavy atom. The summed E-state index contributed by atoms with van der Waals surface area (Å²) in [5.74, 6) is 0.320. The fourth-order valence-electron chi connectivity index (χ4n) is 3.82. The molecule has 7 heteroatoms. The Morgan fingerprint density at radius 3 is 2.30 bits per heavy atom. The quantitative estimate of drug-likeness (QED) is 0.475. The molecule has 168 valence electrons. The molecule has 1 aromatic heterocycles. The average Bonchev–Trinajstić information content (AvgIpc) is 2.83. The molecule has 0 saturated heterocycles. The van der Waals surface area contributed by atoms with Gasteiger partial charge in [-0.3, -0.25) is 14.2 Å². The molecule has 0 aliphatic carbocycles. The molecular formula is C26H25N3O4. The molecule has 0 saturated carbocycles. The third kappa shape index (κ3) is 4.57. The molecule has 1 heterocycles. The van der Waals surface area contributed by atoms with Gasteiger partial charge in [-0.15, -0.1) is 0 Å². The van der Waals surface area contributed by atoms with Crippen molar-refractivity contribution >= 4 is 16.8 Å². The van der Waals surface area contributed by atoms with Crippen LogP contribution in [0.15, 0.2) is 88.5 Å². The zero-order valence-corrected chi connectivity index (χ0v) is 18.5. The van der Waals surface area contributed by atoms with Gasteiger partial charge in [-0.2, -0.15) is 0 Å². The van der Waals surface area contributed by atoms with Gasteiger partial charge in [-0.05, 0) is 55.8 Å². The van der Waals surface area contributed by atoms with E-state index in [0.29, 0.717) is 28.9 Å². The smallest absolute Gasteiger partial charge is 0.336 e. The maximum absolute atomic E-state index is 13.4. The van der Waals surface area contributed by atoms with Crippen LogP contribution in [-0.4, -0.2) is 21.6 Å². The number of hydrogen-bond donors (Lipinski definition) is 1. The first-order chi connectivity index (χ1) is 16.0. The van der Waals surface area contributed by atoms with Crippen LogP contribution in [0.3, 0.4) is 0 Å². The van der Waals surface area contributed by atoms with Crippen molar-refractivity contribution in [1.82, 2.24) is 14.5 Å². The van der Waals surface area contributed by atoms with Gasteiger partial charge in [-0.1, -0.05) is 42.5 Å². The lowest BCUT2D eigenvalue weighted by molar-refractivity contribution is -0.122. The van der Waals surface area contributed by atoms with E-state index in [-0.39, 0.29) is 18.5 Å².